The fourth-order valence-corrected chi connectivity index (χ4v) is 2.68. The summed E-state index contributed by atoms with van der Waals surface area (Å²) < 4.78 is 10.7. The van der Waals surface area contributed by atoms with E-state index < -0.39 is 0 Å². The van der Waals surface area contributed by atoms with E-state index in [1.165, 1.54) is 0 Å². The molecular formula is C19H17NO3. The normalized spacial score (nSPS) is 15.8. The van der Waals surface area contributed by atoms with Crippen molar-refractivity contribution in [3.8, 4) is 11.5 Å². The summed E-state index contributed by atoms with van der Waals surface area (Å²) >= 11 is 0. The van der Waals surface area contributed by atoms with Gasteiger partial charge in [0.25, 0.3) is 0 Å². The van der Waals surface area contributed by atoms with E-state index in [0.717, 1.165) is 47.6 Å². The molecule has 0 spiro atoms. The van der Waals surface area contributed by atoms with Gasteiger partial charge in [-0.15, -0.1) is 0 Å². The Labute approximate surface area is 134 Å². The second-order valence-electron chi connectivity index (χ2n) is 5.78. The Balaban J connectivity index is 1.49. The molecule has 2 aliphatic rings. The molecule has 1 fully saturated rings. The summed E-state index contributed by atoms with van der Waals surface area (Å²) in [5.74, 6) is 1.58. The molecule has 1 aliphatic heterocycles. The Hall–Kier alpha value is -2.75. The van der Waals surface area contributed by atoms with Gasteiger partial charge in [0, 0.05) is 11.7 Å². The molecule has 116 valence electrons. The molecule has 2 aromatic carbocycles. The van der Waals surface area contributed by atoms with Crippen LogP contribution in [0.25, 0.3) is 12.2 Å². The molecule has 1 aliphatic carbocycles. The minimum absolute atomic E-state index is 0.290. The van der Waals surface area contributed by atoms with Gasteiger partial charge in [-0.3, -0.25) is 4.79 Å². The monoisotopic (exact) mass is 307 g/mol. The van der Waals surface area contributed by atoms with Crippen molar-refractivity contribution < 1.29 is 14.3 Å². The molecule has 0 saturated heterocycles. The third-order valence-electron chi connectivity index (χ3n) is 4.11. The zero-order valence-electron chi connectivity index (χ0n) is 12.6. The number of carbonyl (C=O) groups is 1. The van der Waals surface area contributed by atoms with Crippen molar-refractivity contribution in [1.29, 1.82) is 0 Å². The highest BCUT2D eigenvalue weighted by molar-refractivity contribution is 5.78. The Morgan fingerprint density at radius 2 is 1.61 bits per heavy atom. The first-order valence-electron chi connectivity index (χ1n) is 7.75. The molecule has 0 unspecified atom stereocenters. The van der Waals surface area contributed by atoms with E-state index >= 15 is 0 Å². The maximum Gasteiger partial charge on any atom is 0.231 e. The van der Waals surface area contributed by atoms with Crippen molar-refractivity contribution in [3.05, 3.63) is 53.6 Å². The van der Waals surface area contributed by atoms with Crippen LogP contribution in [0.2, 0.25) is 0 Å². The SMILES string of the molecule is O=CN(c1ccc(/C=C/c2ccc3c(c2)OCO3)cc1)C1CC1. The first-order valence-corrected chi connectivity index (χ1v) is 7.75. The number of benzene rings is 2. The van der Waals surface area contributed by atoms with Gasteiger partial charge in [0.05, 0.1) is 0 Å². The number of amides is 1. The number of fused-ring (bicyclic) bond motifs is 1. The number of ether oxygens (including phenoxy) is 2. The van der Waals surface area contributed by atoms with Crippen LogP contribution in [-0.4, -0.2) is 19.2 Å². The van der Waals surface area contributed by atoms with Crippen molar-refractivity contribution in [2.24, 2.45) is 0 Å². The summed E-state index contributed by atoms with van der Waals surface area (Å²) in [6.45, 7) is 0.290. The topological polar surface area (TPSA) is 38.8 Å². The van der Waals surface area contributed by atoms with Gasteiger partial charge in [-0.2, -0.15) is 0 Å². The highest BCUT2D eigenvalue weighted by Crippen LogP contribution is 2.33. The highest BCUT2D eigenvalue weighted by Gasteiger charge is 2.28. The number of hydrogen-bond donors (Lipinski definition) is 0. The molecule has 1 heterocycles. The van der Waals surface area contributed by atoms with Crippen LogP contribution in [0.1, 0.15) is 24.0 Å². The van der Waals surface area contributed by atoms with Crippen LogP contribution in [0.5, 0.6) is 11.5 Å². The quantitative estimate of drug-likeness (QED) is 0.624. The maximum atomic E-state index is 11.2. The summed E-state index contributed by atoms with van der Waals surface area (Å²) in [5.41, 5.74) is 3.11. The lowest BCUT2D eigenvalue weighted by Gasteiger charge is -2.16. The summed E-state index contributed by atoms with van der Waals surface area (Å²) in [6, 6.07) is 14.3. The van der Waals surface area contributed by atoms with E-state index in [0.29, 0.717) is 6.04 Å². The minimum atomic E-state index is 0.290. The van der Waals surface area contributed by atoms with Crippen LogP contribution in [0, 0.1) is 0 Å². The molecule has 23 heavy (non-hydrogen) atoms. The van der Waals surface area contributed by atoms with E-state index in [9.17, 15) is 4.79 Å². The number of rotatable bonds is 5. The Morgan fingerprint density at radius 1 is 0.913 bits per heavy atom. The molecule has 2 aromatic rings. The number of anilines is 1. The smallest absolute Gasteiger partial charge is 0.231 e. The lowest BCUT2D eigenvalue weighted by atomic mass is 10.1. The average molecular weight is 307 g/mol. The molecule has 0 N–H and O–H groups in total. The van der Waals surface area contributed by atoms with E-state index in [-0.39, 0.29) is 6.79 Å². The van der Waals surface area contributed by atoms with Gasteiger partial charge < -0.3 is 14.4 Å². The molecule has 4 heteroatoms. The second kappa shape index (κ2) is 5.80. The van der Waals surface area contributed by atoms with Gasteiger partial charge in [-0.1, -0.05) is 30.4 Å². The van der Waals surface area contributed by atoms with Gasteiger partial charge in [-0.05, 0) is 48.2 Å². The second-order valence-corrected chi connectivity index (χ2v) is 5.78. The predicted molar refractivity (Wildman–Crippen MR) is 89.5 cm³/mol. The number of hydrogen-bond acceptors (Lipinski definition) is 3. The highest BCUT2D eigenvalue weighted by atomic mass is 16.7. The lowest BCUT2D eigenvalue weighted by Crippen LogP contribution is -2.23. The largest absolute Gasteiger partial charge is 0.454 e. The van der Waals surface area contributed by atoms with E-state index in [1.54, 1.807) is 0 Å². The molecule has 0 bridgehead atoms. The predicted octanol–water partition coefficient (Wildman–Crippen LogP) is 3.71. The van der Waals surface area contributed by atoms with E-state index in [2.05, 4.69) is 0 Å². The first-order chi connectivity index (χ1) is 11.3. The molecular weight excluding hydrogens is 290 g/mol. The Bertz CT molecular complexity index is 748. The van der Waals surface area contributed by atoms with Crippen molar-refractivity contribution in [1.82, 2.24) is 0 Å². The first kappa shape index (κ1) is 13.9. The Kier molecular flexibility index (Phi) is 3.50. The standard InChI is InChI=1S/C19H17NO3/c21-12-20(17-8-9-17)16-6-3-14(4-7-16)1-2-15-5-10-18-19(11-15)23-13-22-18/h1-7,10-12,17H,8-9,13H2/b2-1+. The zero-order chi connectivity index (χ0) is 15.6. The van der Waals surface area contributed by atoms with Crippen LogP contribution in [-0.2, 0) is 4.79 Å². The summed E-state index contributed by atoms with van der Waals surface area (Å²) in [6.07, 6.45) is 7.21. The summed E-state index contributed by atoms with van der Waals surface area (Å²) in [5, 5.41) is 0. The fraction of sp³-hybridized carbons (Fsp3) is 0.211. The van der Waals surface area contributed by atoms with Gasteiger partial charge in [0.1, 0.15) is 0 Å². The maximum absolute atomic E-state index is 11.2. The third-order valence-corrected chi connectivity index (χ3v) is 4.11. The van der Waals surface area contributed by atoms with Crippen LogP contribution in [0.15, 0.2) is 42.5 Å². The number of carbonyl (C=O) groups excluding carboxylic acids is 1. The van der Waals surface area contributed by atoms with Gasteiger partial charge >= 0.3 is 0 Å². The van der Waals surface area contributed by atoms with Crippen molar-refractivity contribution >= 4 is 24.2 Å². The molecule has 0 radical (unpaired) electrons. The fourth-order valence-electron chi connectivity index (χ4n) is 2.68. The molecule has 4 nitrogen and oxygen atoms in total. The van der Waals surface area contributed by atoms with Gasteiger partial charge in [0.2, 0.25) is 13.2 Å². The zero-order valence-corrected chi connectivity index (χ0v) is 12.6. The average Bonchev–Trinajstić information content (AvgIpc) is 3.31. The van der Waals surface area contributed by atoms with Crippen molar-refractivity contribution in [2.75, 3.05) is 11.7 Å². The van der Waals surface area contributed by atoms with Gasteiger partial charge in [-0.25, -0.2) is 0 Å². The molecule has 1 saturated carbocycles. The van der Waals surface area contributed by atoms with Crippen molar-refractivity contribution in [2.45, 2.75) is 18.9 Å². The Morgan fingerprint density at radius 3 is 2.35 bits per heavy atom. The molecule has 0 atom stereocenters. The van der Waals surface area contributed by atoms with Crippen LogP contribution < -0.4 is 14.4 Å². The molecule has 1 amide bonds. The van der Waals surface area contributed by atoms with Gasteiger partial charge in [0.15, 0.2) is 11.5 Å². The minimum Gasteiger partial charge on any atom is -0.454 e. The third kappa shape index (κ3) is 2.93. The lowest BCUT2D eigenvalue weighted by molar-refractivity contribution is -0.107. The van der Waals surface area contributed by atoms with Crippen LogP contribution in [0.4, 0.5) is 5.69 Å². The van der Waals surface area contributed by atoms with Crippen molar-refractivity contribution in [3.63, 3.8) is 0 Å². The molecule has 0 aromatic heterocycles. The number of nitrogens with zero attached hydrogens (tertiary/aromatic N) is 1. The summed E-state index contributed by atoms with van der Waals surface area (Å²) in [7, 11) is 0. The van der Waals surface area contributed by atoms with Crippen LogP contribution in [0.3, 0.4) is 0 Å². The summed E-state index contributed by atoms with van der Waals surface area (Å²) in [4.78, 5) is 13.0. The van der Waals surface area contributed by atoms with E-state index in [4.69, 9.17) is 9.47 Å². The molecule has 4 rings (SSSR count). The van der Waals surface area contributed by atoms with Crippen LogP contribution >= 0.6 is 0 Å². The van der Waals surface area contributed by atoms with E-state index in [1.807, 2.05) is 59.5 Å².